The van der Waals surface area contributed by atoms with Crippen molar-refractivity contribution in [2.24, 2.45) is 0 Å². The number of benzene rings is 2. The maximum absolute atomic E-state index is 13.1. The van der Waals surface area contributed by atoms with Gasteiger partial charge in [-0.05, 0) is 92.8 Å². The van der Waals surface area contributed by atoms with Crippen molar-refractivity contribution in [1.82, 2.24) is 9.47 Å². The summed E-state index contributed by atoms with van der Waals surface area (Å²) in [5.74, 6) is -0.850. The molecule has 6 nitrogen and oxygen atoms in total. The Morgan fingerprint density at radius 1 is 0.972 bits per heavy atom. The summed E-state index contributed by atoms with van der Waals surface area (Å²) in [7, 11) is 0. The number of nitrogens with one attached hydrogen (secondary N) is 1. The quantitative estimate of drug-likeness (QED) is 0.405. The summed E-state index contributed by atoms with van der Waals surface area (Å²) in [6.07, 6.45) is 2.67. The van der Waals surface area contributed by atoms with Crippen LogP contribution in [0.2, 0.25) is 0 Å². The first-order valence-electron chi connectivity index (χ1n) is 12.0. The second-order valence-corrected chi connectivity index (χ2v) is 10.2. The van der Waals surface area contributed by atoms with Gasteiger partial charge in [-0.25, -0.2) is 0 Å². The molecule has 0 radical (unpaired) electrons. The van der Waals surface area contributed by atoms with Crippen LogP contribution in [0.5, 0.6) is 0 Å². The van der Waals surface area contributed by atoms with E-state index in [0.717, 1.165) is 56.8 Å². The molecule has 2 aromatic carbocycles. The normalized spacial score (nSPS) is 14.7. The van der Waals surface area contributed by atoms with Crippen molar-refractivity contribution >= 4 is 40.6 Å². The number of imide groups is 1. The first-order valence-corrected chi connectivity index (χ1v) is 12.8. The van der Waals surface area contributed by atoms with Crippen LogP contribution in [0.3, 0.4) is 0 Å². The number of rotatable bonds is 6. The first-order chi connectivity index (χ1) is 17.1. The van der Waals surface area contributed by atoms with E-state index in [1.165, 1.54) is 11.1 Å². The smallest absolute Gasteiger partial charge is 0.294 e. The topological polar surface area (TPSA) is 71.4 Å². The first kappa shape index (κ1) is 25.5. The van der Waals surface area contributed by atoms with Crippen LogP contribution in [-0.4, -0.2) is 33.1 Å². The summed E-state index contributed by atoms with van der Waals surface area (Å²) in [4.78, 5) is 39.8. The van der Waals surface area contributed by atoms with Gasteiger partial charge in [-0.2, -0.15) is 0 Å². The van der Waals surface area contributed by atoms with Crippen LogP contribution < -0.4 is 5.32 Å². The summed E-state index contributed by atoms with van der Waals surface area (Å²) in [5, 5.41) is 2.41. The van der Waals surface area contributed by atoms with Gasteiger partial charge in [0.25, 0.3) is 11.1 Å². The lowest BCUT2D eigenvalue weighted by molar-refractivity contribution is -0.127. The van der Waals surface area contributed by atoms with Gasteiger partial charge in [0.2, 0.25) is 5.91 Å². The lowest BCUT2D eigenvalue weighted by Gasteiger charge is -2.17. The summed E-state index contributed by atoms with van der Waals surface area (Å²) in [6.45, 7) is 11.8. The third-order valence-electron chi connectivity index (χ3n) is 6.60. The fraction of sp³-hybridized carbons (Fsp3) is 0.276. The predicted molar refractivity (Wildman–Crippen MR) is 147 cm³/mol. The molecule has 1 aliphatic heterocycles. The van der Waals surface area contributed by atoms with E-state index in [9.17, 15) is 14.4 Å². The molecule has 1 aromatic heterocycles. The van der Waals surface area contributed by atoms with E-state index in [1.807, 2.05) is 52.0 Å². The Bertz CT molecular complexity index is 1400. The van der Waals surface area contributed by atoms with E-state index >= 15 is 0 Å². The SMILES string of the molecule is CCc1cccc(C)c1-n1c(C)cc(/C=C2\SC(=O)N(CC(=O)Nc3c(C)cccc3C)C2=O)c1C. The van der Waals surface area contributed by atoms with Crippen LogP contribution in [-0.2, 0) is 16.0 Å². The fourth-order valence-corrected chi connectivity index (χ4v) is 5.54. The van der Waals surface area contributed by atoms with Crippen molar-refractivity contribution in [3.8, 4) is 5.69 Å². The molecule has 0 bridgehead atoms. The summed E-state index contributed by atoms with van der Waals surface area (Å²) >= 11 is 0.871. The number of amides is 3. The largest absolute Gasteiger partial charge is 0.324 e. The molecule has 0 aliphatic carbocycles. The number of para-hydroxylation sites is 2. The Labute approximate surface area is 216 Å². The highest BCUT2D eigenvalue weighted by molar-refractivity contribution is 8.18. The molecule has 3 amide bonds. The molecule has 0 unspecified atom stereocenters. The molecule has 186 valence electrons. The zero-order valence-corrected chi connectivity index (χ0v) is 22.4. The number of anilines is 1. The highest BCUT2D eigenvalue weighted by Crippen LogP contribution is 2.34. The van der Waals surface area contributed by atoms with Gasteiger partial charge in [0, 0.05) is 17.1 Å². The van der Waals surface area contributed by atoms with Gasteiger partial charge >= 0.3 is 0 Å². The minimum absolute atomic E-state index is 0.320. The highest BCUT2D eigenvalue weighted by Gasteiger charge is 2.36. The van der Waals surface area contributed by atoms with Crippen LogP contribution in [0.4, 0.5) is 10.5 Å². The average molecular weight is 502 g/mol. The second-order valence-electron chi connectivity index (χ2n) is 9.18. The summed E-state index contributed by atoms with van der Waals surface area (Å²) in [6, 6.07) is 14.1. The number of aromatic nitrogens is 1. The minimum atomic E-state index is -0.448. The number of hydrogen-bond acceptors (Lipinski definition) is 4. The molecule has 2 heterocycles. The van der Waals surface area contributed by atoms with Crippen molar-refractivity contribution in [2.45, 2.75) is 48.0 Å². The molecule has 0 saturated carbocycles. The monoisotopic (exact) mass is 501 g/mol. The van der Waals surface area contributed by atoms with Crippen molar-refractivity contribution in [3.05, 3.63) is 86.6 Å². The Balaban J connectivity index is 1.58. The van der Waals surface area contributed by atoms with Crippen molar-refractivity contribution < 1.29 is 14.4 Å². The van der Waals surface area contributed by atoms with E-state index in [2.05, 4.69) is 41.9 Å². The highest BCUT2D eigenvalue weighted by atomic mass is 32.2. The molecule has 0 spiro atoms. The zero-order valence-electron chi connectivity index (χ0n) is 21.6. The standard InChI is InChI=1S/C29H31N3O3S/c1-7-22-13-9-12-19(4)27(22)32-20(5)14-23(21(32)6)15-24-28(34)31(29(35)36-24)16-25(33)30-26-17(2)10-8-11-18(26)3/h8-15H,7,16H2,1-6H3,(H,30,33)/b24-15-. The lowest BCUT2D eigenvalue weighted by Crippen LogP contribution is -2.36. The minimum Gasteiger partial charge on any atom is -0.324 e. The molecule has 3 aromatic rings. The number of carbonyl (C=O) groups excluding carboxylic acids is 3. The van der Waals surface area contributed by atoms with Crippen LogP contribution in [0, 0.1) is 34.6 Å². The predicted octanol–water partition coefficient (Wildman–Crippen LogP) is 6.26. The summed E-state index contributed by atoms with van der Waals surface area (Å²) in [5.41, 5.74) is 9.07. The third kappa shape index (κ3) is 4.75. The molecule has 1 fully saturated rings. The molecular weight excluding hydrogens is 470 g/mol. The van der Waals surface area contributed by atoms with Gasteiger partial charge in [-0.3, -0.25) is 19.3 Å². The zero-order chi connectivity index (χ0) is 26.1. The molecule has 36 heavy (non-hydrogen) atoms. The number of hydrogen-bond donors (Lipinski definition) is 1. The molecular formula is C29H31N3O3S. The van der Waals surface area contributed by atoms with Crippen LogP contribution in [0.15, 0.2) is 47.4 Å². The Kier molecular flexibility index (Phi) is 7.22. The van der Waals surface area contributed by atoms with Gasteiger partial charge in [0.15, 0.2) is 0 Å². The second kappa shape index (κ2) is 10.2. The Hall–Kier alpha value is -3.58. The fourth-order valence-electron chi connectivity index (χ4n) is 4.71. The third-order valence-corrected chi connectivity index (χ3v) is 7.51. The molecule has 1 N–H and O–H groups in total. The number of thioether (sulfide) groups is 1. The lowest BCUT2D eigenvalue weighted by atomic mass is 10.1. The van der Waals surface area contributed by atoms with E-state index in [-0.39, 0.29) is 6.54 Å². The number of aryl methyl sites for hydroxylation is 5. The van der Waals surface area contributed by atoms with Gasteiger partial charge in [0.1, 0.15) is 6.54 Å². The van der Waals surface area contributed by atoms with Crippen molar-refractivity contribution in [2.75, 3.05) is 11.9 Å². The van der Waals surface area contributed by atoms with Gasteiger partial charge in [0.05, 0.1) is 10.6 Å². The Morgan fingerprint density at radius 2 is 1.61 bits per heavy atom. The van der Waals surface area contributed by atoms with Crippen LogP contribution in [0.1, 0.15) is 46.1 Å². The van der Waals surface area contributed by atoms with Crippen molar-refractivity contribution in [1.29, 1.82) is 0 Å². The van der Waals surface area contributed by atoms with E-state index in [1.54, 1.807) is 6.08 Å². The summed E-state index contributed by atoms with van der Waals surface area (Å²) < 4.78 is 2.21. The van der Waals surface area contributed by atoms with Crippen LogP contribution >= 0.6 is 11.8 Å². The molecule has 7 heteroatoms. The average Bonchev–Trinajstić information content (AvgIpc) is 3.25. The number of carbonyl (C=O) groups is 3. The maximum Gasteiger partial charge on any atom is 0.294 e. The van der Waals surface area contributed by atoms with E-state index in [0.29, 0.717) is 10.6 Å². The maximum atomic E-state index is 13.1. The molecule has 1 aliphatic rings. The Morgan fingerprint density at radius 3 is 2.28 bits per heavy atom. The van der Waals surface area contributed by atoms with Crippen molar-refractivity contribution in [3.63, 3.8) is 0 Å². The number of nitrogens with zero attached hydrogens (tertiary/aromatic N) is 2. The molecule has 0 atom stereocenters. The molecule has 1 saturated heterocycles. The molecule has 4 rings (SSSR count). The van der Waals surface area contributed by atoms with Gasteiger partial charge in [-0.15, -0.1) is 0 Å². The van der Waals surface area contributed by atoms with Gasteiger partial charge < -0.3 is 9.88 Å². The van der Waals surface area contributed by atoms with E-state index in [4.69, 9.17) is 0 Å². The van der Waals surface area contributed by atoms with Gasteiger partial charge in [-0.1, -0.05) is 43.3 Å². The van der Waals surface area contributed by atoms with E-state index < -0.39 is 17.1 Å². The van der Waals surface area contributed by atoms with Crippen LogP contribution in [0.25, 0.3) is 11.8 Å².